The average molecular weight is 291 g/mol. The topological polar surface area (TPSA) is 191 Å². The van der Waals surface area contributed by atoms with E-state index in [-0.39, 0.29) is 0 Å². The van der Waals surface area contributed by atoms with Crippen LogP contribution in [0.2, 0.25) is 0 Å². The quantitative estimate of drug-likeness (QED) is 0.129. The van der Waals surface area contributed by atoms with E-state index in [1.54, 1.807) is 0 Å². The predicted octanol–water partition coefficient (Wildman–Crippen LogP) is -1.54. The van der Waals surface area contributed by atoms with Crippen LogP contribution in [0.5, 0.6) is 23.0 Å². The molecule has 8 N–H and O–H groups in total. The number of carbonyl (C=O) groups is 1. The van der Waals surface area contributed by atoms with Crippen LogP contribution in [-0.2, 0) is 9.68 Å². The maximum atomic E-state index is 11.2. The van der Waals surface area contributed by atoms with Gasteiger partial charge >= 0.3 is 5.97 Å². The minimum Gasteiger partial charge on any atom is -0.504 e. The highest BCUT2D eigenvalue weighted by Gasteiger charge is 2.61. The summed E-state index contributed by atoms with van der Waals surface area (Å²) in [7, 11) is 0. The summed E-state index contributed by atoms with van der Waals surface area (Å²) in [4.78, 5) is 14.5. The van der Waals surface area contributed by atoms with E-state index in [0.717, 1.165) is 0 Å². The van der Waals surface area contributed by atoms with Crippen LogP contribution in [0.15, 0.2) is 0 Å². The zero-order valence-electron chi connectivity index (χ0n) is 9.42. The van der Waals surface area contributed by atoms with Gasteiger partial charge in [0.25, 0.3) is 5.72 Å². The Hall–Kier alpha value is -2.47. The predicted molar refractivity (Wildman–Crippen MR) is 56.0 cm³/mol. The second kappa shape index (κ2) is 4.01. The third kappa shape index (κ3) is 1.34. The fourth-order valence-electron chi connectivity index (χ4n) is 1.93. The number of hydrogen-bond acceptors (Lipinski definition) is 11. The molecule has 0 saturated heterocycles. The first-order valence-electron chi connectivity index (χ1n) is 4.94. The molecule has 2 rings (SSSR count). The molecule has 1 aliphatic heterocycles. The van der Waals surface area contributed by atoms with Gasteiger partial charge in [0.05, 0.1) is 5.56 Å². The number of phenols is 4. The zero-order chi connectivity index (χ0) is 15.4. The van der Waals surface area contributed by atoms with E-state index in [0.29, 0.717) is 0 Å². The minimum absolute atomic E-state index is 0.431. The van der Waals surface area contributed by atoms with Crippen molar-refractivity contribution in [2.75, 3.05) is 5.06 Å². The summed E-state index contributed by atoms with van der Waals surface area (Å²) in [6, 6.07) is 0. The van der Waals surface area contributed by atoms with Gasteiger partial charge in [-0.1, -0.05) is 0 Å². The van der Waals surface area contributed by atoms with Gasteiger partial charge < -0.3 is 30.6 Å². The molecule has 0 spiro atoms. The van der Waals surface area contributed by atoms with Crippen molar-refractivity contribution in [2.24, 2.45) is 0 Å². The monoisotopic (exact) mass is 291 g/mol. The smallest absolute Gasteiger partial charge is 0.399 e. The largest absolute Gasteiger partial charge is 0.504 e. The molecular formula is C9H9NO10. The van der Waals surface area contributed by atoms with Gasteiger partial charge in [-0.15, -0.1) is 0 Å². The molecule has 0 aromatic heterocycles. The fraction of sp³-hybridized carbons (Fsp3) is 0.222. The van der Waals surface area contributed by atoms with Crippen molar-refractivity contribution < 1.29 is 50.8 Å². The van der Waals surface area contributed by atoms with Crippen molar-refractivity contribution in [3.63, 3.8) is 0 Å². The molecule has 0 saturated carbocycles. The minimum atomic E-state index is -3.31. The van der Waals surface area contributed by atoms with E-state index in [9.17, 15) is 40.6 Å². The molecule has 1 aromatic rings. The molecule has 1 aromatic carbocycles. The van der Waals surface area contributed by atoms with Crippen LogP contribution in [-0.4, -0.2) is 52.8 Å². The number of hydroxylamine groups is 1. The van der Waals surface area contributed by atoms with Crippen molar-refractivity contribution in [1.29, 1.82) is 0 Å². The Morgan fingerprint density at radius 3 is 2.10 bits per heavy atom. The van der Waals surface area contributed by atoms with Crippen LogP contribution in [0.4, 0.5) is 5.69 Å². The first kappa shape index (κ1) is 14.0. The van der Waals surface area contributed by atoms with Crippen molar-refractivity contribution in [1.82, 2.24) is 0 Å². The van der Waals surface area contributed by atoms with Gasteiger partial charge in [-0.25, -0.2) is 9.86 Å². The number of phenolic OH excluding ortho intramolecular Hbond substituents is 4. The van der Waals surface area contributed by atoms with E-state index in [1.807, 2.05) is 0 Å². The lowest BCUT2D eigenvalue weighted by Crippen LogP contribution is -2.54. The van der Waals surface area contributed by atoms with Gasteiger partial charge in [0.2, 0.25) is 11.5 Å². The second-order valence-electron chi connectivity index (χ2n) is 3.98. The van der Waals surface area contributed by atoms with Crippen LogP contribution >= 0.6 is 0 Å². The number of benzene rings is 1. The molecule has 0 radical (unpaired) electrons. The van der Waals surface area contributed by atoms with Crippen molar-refractivity contribution in [2.45, 2.75) is 11.8 Å². The lowest BCUT2D eigenvalue weighted by molar-refractivity contribution is -0.262. The van der Waals surface area contributed by atoms with E-state index in [2.05, 4.69) is 4.89 Å². The van der Waals surface area contributed by atoms with E-state index < -0.39 is 57.1 Å². The lowest BCUT2D eigenvalue weighted by atomic mass is 10.0. The van der Waals surface area contributed by atoms with Crippen LogP contribution < -0.4 is 5.06 Å². The number of carbonyl (C=O) groups excluding carboxylic acids is 1. The normalized spacial score (nSPS) is 24.6. The van der Waals surface area contributed by atoms with E-state index in [1.165, 1.54) is 0 Å². The molecular weight excluding hydrogens is 282 g/mol. The molecule has 110 valence electrons. The number of rotatable bonds is 1. The molecule has 11 nitrogen and oxygen atoms in total. The van der Waals surface area contributed by atoms with Crippen molar-refractivity contribution >= 4 is 11.7 Å². The Kier molecular flexibility index (Phi) is 2.80. The third-order valence-corrected chi connectivity index (χ3v) is 2.98. The van der Waals surface area contributed by atoms with Gasteiger partial charge in [-0.3, -0.25) is 10.1 Å². The maximum absolute atomic E-state index is 11.2. The number of anilines is 1. The van der Waals surface area contributed by atoms with Gasteiger partial charge in [-0.2, -0.15) is 5.26 Å². The first-order valence-corrected chi connectivity index (χ1v) is 4.94. The number of aliphatic hydroxyl groups excluding tert-OH is 1. The SMILES string of the molecule is O=C(OO)C1(O)C(O)c2c(O)c(O)c(O)c(O)c2N1O. The molecule has 0 amide bonds. The number of aliphatic hydroxyl groups is 2. The summed E-state index contributed by atoms with van der Waals surface area (Å²) < 4.78 is 0. The van der Waals surface area contributed by atoms with Crippen molar-refractivity contribution in [3.8, 4) is 23.0 Å². The van der Waals surface area contributed by atoms with Gasteiger partial charge in [-0.05, 0) is 0 Å². The van der Waals surface area contributed by atoms with E-state index >= 15 is 0 Å². The number of aromatic hydroxyl groups is 4. The van der Waals surface area contributed by atoms with E-state index in [4.69, 9.17) is 5.26 Å². The summed E-state index contributed by atoms with van der Waals surface area (Å²) in [6.07, 6.45) is -2.42. The van der Waals surface area contributed by atoms with Gasteiger partial charge in [0.15, 0.2) is 11.5 Å². The molecule has 2 unspecified atom stereocenters. The molecule has 11 heteroatoms. The summed E-state index contributed by atoms with van der Waals surface area (Å²) in [6.45, 7) is 0. The highest BCUT2D eigenvalue weighted by Crippen LogP contribution is 2.59. The van der Waals surface area contributed by atoms with Crippen molar-refractivity contribution in [3.05, 3.63) is 5.56 Å². The van der Waals surface area contributed by atoms with Gasteiger partial charge in [0.1, 0.15) is 11.8 Å². The zero-order valence-corrected chi connectivity index (χ0v) is 9.42. The van der Waals surface area contributed by atoms with Crippen LogP contribution in [0, 0.1) is 0 Å². The molecule has 2 atom stereocenters. The Bertz CT molecular complexity index is 558. The lowest BCUT2D eigenvalue weighted by Gasteiger charge is -2.28. The Labute approximate surface area is 109 Å². The Balaban J connectivity index is 2.78. The molecule has 20 heavy (non-hydrogen) atoms. The number of fused-ring (bicyclic) bond motifs is 1. The maximum Gasteiger partial charge on any atom is 0.399 e. The molecule has 0 bridgehead atoms. The second-order valence-corrected chi connectivity index (χ2v) is 3.98. The molecule has 1 heterocycles. The number of hydrogen-bond donors (Lipinski definition) is 8. The summed E-state index contributed by atoms with van der Waals surface area (Å²) in [5.41, 5.74) is -5.14. The molecule has 0 aliphatic carbocycles. The first-order chi connectivity index (χ1) is 9.19. The molecule has 1 aliphatic rings. The summed E-state index contributed by atoms with van der Waals surface area (Å²) in [5, 5.41) is 74.8. The highest BCUT2D eigenvalue weighted by molar-refractivity contribution is 5.91. The Morgan fingerprint density at radius 1 is 1.10 bits per heavy atom. The van der Waals surface area contributed by atoms with Crippen LogP contribution in [0.1, 0.15) is 11.7 Å². The average Bonchev–Trinajstić information content (AvgIpc) is 2.64. The number of nitrogens with zero attached hydrogens (tertiary/aromatic N) is 1. The summed E-state index contributed by atoms with van der Waals surface area (Å²) >= 11 is 0. The van der Waals surface area contributed by atoms with Crippen LogP contribution in [0.3, 0.4) is 0 Å². The third-order valence-electron chi connectivity index (χ3n) is 2.98. The van der Waals surface area contributed by atoms with Gasteiger partial charge in [0, 0.05) is 0 Å². The summed E-state index contributed by atoms with van der Waals surface area (Å²) in [5.74, 6) is -6.91. The van der Waals surface area contributed by atoms with Crippen LogP contribution in [0.25, 0.3) is 0 Å². The Morgan fingerprint density at radius 2 is 1.60 bits per heavy atom. The molecule has 0 fully saturated rings. The highest BCUT2D eigenvalue weighted by atomic mass is 17.1. The standard InChI is InChI=1S/C9H9NO10/c11-3-1-2(4(12)6(14)5(3)13)10(18)9(17,7(1)15)8(16)20-19/h7,11-15,17-19H. The fourth-order valence-corrected chi connectivity index (χ4v) is 1.93.